The van der Waals surface area contributed by atoms with E-state index in [9.17, 15) is 0 Å². The Labute approximate surface area is 108 Å². The quantitative estimate of drug-likeness (QED) is 0.763. The Morgan fingerprint density at radius 1 is 1.35 bits per heavy atom. The van der Waals surface area contributed by atoms with Gasteiger partial charge in [-0.15, -0.1) is 0 Å². The summed E-state index contributed by atoms with van der Waals surface area (Å²) in [5.41, 5.74) is 0. The summed E-state index contributed by atoms with van der Waals surface area (Å²) in [5.74, 6) is 0.750. The van der Waals surface area contributed by atoms with Crippen LogP contribution in [0.4, 0.5) is 0 Å². The predicted octanol–water partition coefficient (Wildman–Crippen LogP) is 1.65. The molecule has 0 spiro atoms. The van der Waals surface area contributed by atoms with Crippen LogP contribution in [0.15, 0.2) is 0 Å². The smallest absolute Gasteiger partial charge is 0.0244 e. The lowest BCUT2D eigenvalue weighted by molar-refractivity contribution is 0.0936. The molecule has 1 N–H and O–H groups in total. The molecule has 0 amide bonds. The summed E-state index contributed by atoms with van der Waals surface area (Å²) in [6, 6.07) is 1.42. The van der Waals surface area contributed by atoms with E-state index in [2.05, 4.69) is 50.0 Å². The standard InChI is InChI=1S/C14H31N3/c1-6-13-11-17(9-7-8-16(4)5)14(10-15-13)12(2)3/h12-15H,6-11H2,1-5H3. The van der Waals surface area contributed by atoms with Crippen LogP contribution in [-0.4, -0.2) is 62.2 Å². The van der Waals surface area contributed by atoms with E-state index < -0.39 is 0 Å². The van der Waals surface area contributed by atoms with E-state index in [-0.39, 0.29) is 0 Å². The monoisotopic (exact) mass is 241 g/mol. The first-order valence-electron chi connectivity index (χ1n) is 7.16. The van der Waals surface area contributed by atoms with Gasteiger partial charge in [0, 0.05) is 25.2 Å². The zero-order chi connectivity index (χ0) is 12.8. The molecular weight excluding hydrogens is 210 g/mol. The van der Waals surface area contributed by atoms with Crippen LogP contribution in [0.5, 0.6) is 0 Å². The molecular formula is C14H31N3. The minimum Gasteiger partial charge on any atom is -0.311 e. The van der Waals surface area contributed by atoms with E-state index in [0.717, 1.165) is 18.5 Å². The Hall–Kier alpha value is -0.120. The third-order valence-electron chi connectivity index (χ3n) is 3.85. The third kappa shape index (κ3) is 4.94. The van der Waals surface area contributed by atoms with Crippen LogP contribution in [0.3, 0.4) is 0 Å². The molecule has 102 valence electrons. The van der Waals surface area contributed by atoms with E-state index >= 15 is 0 Å². The Bertz CT molecular complexity index is 204. The van der Waals surface area contributed by atoms with Gasteiger partial charge in [-0.05, 0) is 45.9 Å². The van der Waals surface area contributed by atoms with Gasteiger partial charge in [0.15, 0.2) is 0 Å². The number of piperazine rings is 1. The van der Waals surface area contributed by atoms with Gasteiger partial charge in [0.1, 0.15) is 0 Å². The van der Waals surface area contributed by atoms with Gasteiger partial charge in [0.25, 0.3) is 0 Å². The van der Waals surface area contributed by atoms with Crippen LogP contribution in [0.1, 0.15) is 33.6 Å². The lowest BCUT2D eigenvalue weighted by atomic mass is 9.97. The molecule has 1 aliphatic rings. The second-order valence-electron chi connectivity index (χ2n) is 5.98. The first kappa shape index (κ1) is 14.9. The maximum Gasteiger partial charge on any atom is 0.0244 e. The number of nitrogens with zero attached hydrogens (tertiary/aromatic N) is 2. The molecule has 1 saturated heterocycles. The highest BCUT2D eigenvalue weighted by molar-refractivity contribution is 4.87. The van der Waals surface area contributed by atoms with Crippen LogP contribution < -0.4 is 5.32 Å². The van der Waals surface area contributed by atoms with Crippen molar-refractivity contribution in [1.82, 2.24) is 15.1 Å². The Kier molecular flexibility index (Phi) is 6.45. The first-order valence-corrected chi connectivity index (χ1v) is 7.16. The summed E-state index contributed by atoms with van der Waals surface area (Å²) < 4.78 is 0. The summed E-state index contributed by atoms with van der Waals surface area (Å²) in [6.07, 6.45) is 2.53. The maximum absolute atomic E-state index is 3.68. The van der Waals surface area contributed by atoms with Gasteiger partial charge in [-0.3, -0.25) is 4.90 Å². The highest BCUT2D eigenvalue weighted by Gasteiger charge is 2.28. The summed E-state index contributed by atoms with van der Waals surface area (Å²) in [6.45, 7) is 11.8. The molecule has 0 bridgehead atoms. The van der Waals surface area contributed by atoms with E-state index in [1.54, 1.807) is 0 Å². The van der Waals surface area contributed by atoms with E-state index in [0.29, 0.717) is 6.04 Å². The molecule has 0 radical (unpaired) electrons. The molecule has 3 nitrogen and oxygen atoms in total. The Morgan fingerprint density at radius 2 is 2.06 bits per heavy atom. The topological polar surface area (TPSA) is 18.5 Å². The molecule has 0 aliphatic carbocycles. The van der Waals surface area contributed by atoms with Crippen molar-refractivity contribution in [2.24, 2.45) is 5.92 Å². The van der Waals surface area contributed by atoms with E-state index in [1.807, 2.05) is 0 Å². The van der Waals surface area contributed by atoms with Gasteiger partial charge in [0.2, 0.25) is 0 Å². The fourth-order valence-electron chi connectivity index (χ4n) is 2.68. The van der Waals surface area contributed by atoms with Crippen molar-refractivity contribution in [3.8, 4) is 0 Å². The summed E-state index contributed by atoms with van der Waals surface area (Å²) in [4.78, 5) is 4.99. The van der Waals surface area contributed by atoms with Crippen molar-refractivity contribution in [3.63, 3.8) is 0 Å². The van der Waals surface area contributed by atoms with Crippen molar-refractivity contribution in [3.05, 3.63) is 0 Å². The van der Waals surface area contributed by atoms with Crippen molar-refractivity contribution in [1.29, 1.82) is 0 Å². The summed E-state index contributed by atoms with van der Waals surface area (Å²) in [7, 11) is 4.32. The van der Waals surface area contributed by atoms with Crippen LogP contribution in [0.25, 0.3) is 0 Å². The Morgan fingerprint density at radius 3 is 2.59 bits per heavy atom. The second kappa shape index (κ2) is 7.34. The molecule has 0 aromatic carbocycles. The lowest BCUT2D eigenvalue weighted by Crippen LogP contribution is -2.58. The fraction of sp³-hybridized carbons (Fsp3) is 1.00. The van der Waals surface area contributed by atoms with Gasteiger partial charge >= 0.3 is 0 Å². The molecule has 3 heteroatoms. The molecule has 0 saturated carbocycles. The number of rotatable bonds is 6. The summed E-state index contributed by atoms with van der Waals surface area (Å²) in [5, 5.41) is 3.68. The first-order chi connectivity index (χ1) is 8.04. The molecule has 1 heterocycles. The highest BCUT2D eigenvalue weighted by Crippen LogP contribution is 2.16. The van der Waals surface area contributed by atoms with Crippen LogP contribution in [0, 0.1) is 5.92 Å². The minimum absolute atomic E-state index is 0.698. The van der Waals surface area contributed by atoms with E-state index in [4.69, 9.17) is 0 Å². The average molecular weight is 241 g/mol. The van der Waals surface area contributed by atoms with E-state index in [1.165, 1.54) is 32.5 Å². The second-order valence-corrected chi connectivity index (χ2v) is 5.98. The van der Waals surface area contributed by atoms with Crippen molar-refractivity contribution >= 4 is 0 Å². The number of hydrogen-bond acceptors (Lipinski definition) is 3. The zero-order valence-corrected chi connectivity index (χ0v) is 12.4. The molecule has 2 unspecified atom stereocenters. The maximum atomic E-state index is 3.68. The molecule has 1 aliphatic heterocycles. The predicted molar refractivity (Wildman–Crippen MR) is 75.5 cm³/mol. The lowest BCUT2D eigenvalue weighted by Gasteiger charge is -2.42. The largest absolute Gasteiger partial charge is 0.311 e. The van der Waals surface area contributed by atoms with Crippen molar-refractivity contribution < 1.29 is 0 Å². The van der Waals surface area contributed by atoms with Crippen molar-refractivity contribution in [2.45, 2.75) is 45.7 Å². The van der Waals surface area contributed by atoms with Crippen LogP contribution in [-0.2, 0) is 0 Å². The molecule has 0 aromatic heterocycles. The molecule has 17 heavy (non-hydrogen) atoms. The van der Waals surface area contributed by atoms with Gasteiger partial charge < -0.3 is 10.2 Å². The molecule has 1 fully saturated rings. The fourth-order valence-corrected chi connectivity index (χ4v) is 2.68. The number of nitrogens with one attached hydrogen (secondary N) is 1. The van der Waals surface area contributed by atoms with Gasteiger partial charge in [-0.2, -0.15) is 0 Å². The zero-order valence-electron chi connectivity index (χ0n) is 12.4. The van der Waals surface area contributed by atoms with Crippen LogP contribution >= 0.6 is 0 Å². The van der Waals surface area contributed by atoms with Gasteiger partial charge in [-0.25, -0.2) is 0 Å². The van der Waals surface area contributed by atoms with Crippen molar-refractivity contribution in [2.75, 3.05) is 40.3 Å². The summed E-state index contributed by atoms with van der Waals surface area (Å²) >= 11 is 0. The molecule has 1 rings (SSSR count). The average Bonchev–Trinajstić information content (AvgIpc) is 2.28. The molecule has 0 aromatic rings. The van der Waals surface area contributed by atoms with Gasteiger partial charge in [-0.1, -0.05) is 20.8 Å². The molecule has 2 atom stereocenters. The third-order valence-corrected chi connectivity index (χ3v) is 3.85. The normalized spacial score (nSPS) is 27.0. The van der Waals surface area contributed by atoms with Crippen LogP contribution in [0.2, 0.25) is 0 Å². The SMILES string of the molecule is CCC1CN(CCCN(C)C)C(C(C)C)CN1. The highest BCUT2D eigenvalue weighted by atomic mass is 15.2. The minimum atomic E-state index is 0.698. The Balaban J connectivity index is 2.43. The number of hydrogen-bond donors (Lipinski definition) is 1. The van der Waals surface area contributed by atoms with Gasteiger partial charge in [0.05, 0.1) is 0 Å².